The first-order valence-corrected chi connectivity index (χ1v) is 10.9. The van der Waals surface area contributed by atoms with Crippen LogP contribution in [0, 0.1) is 0 Å². The summed E-state index contributed by atoms with van der Waals surface area (Å²) in [6, 6.07) is 9.80. The van der Waals surface area contributed by atoms with Gasteiger partial charge >= 0.3 is 12.0 Å². The molecule has 0 saturated heterocycles. The van der Waals surface area contributed by atoms with Crippen molar-refractivity contribution in [3.63, 3.8) is 0 Å². The van der Waals surface area contributed by atoms with Gasteiger partial charge in [-0.25, -0.2) is 23.1 Å². The minimum atomic E-state index is -4.54. The van der Waals surface area contributed by atoms with E-state index in [1.807, 2.05) is 0 Å². The first kappa shape index (κ1) is 20.6. The van der Waals surface area contributed by atoms with E-state index in [-0.39, 0.29) is 39.8 Å². The smallest absolute Gasteiger partial charge is 0.341 e. The average Bonchev–Trinajstić information content (AvgIpc) is 2.99. The lowest BCUT2D eigenvalue weighted by atomic mass is 9.77. The van der Waals surface area contributed by atoms with Gasteiger partial charge in [0, 0.05) is 28.8 Å². The number of sulfonamides is 1. The van der Waals surface area contributed by atoms with Crippen LogP contribution in [-0.2, 0) is 20.4 Å². The van der Waals surface area contributed by atoms with Crippen LogP contribution in [0.15, 0.2) is 53.4 Å². The van der Waals surface area contributed by atoms with Crippen molar-refractivity contribution in [1.29, 1.82) is 0 Å². The van der Waals surface area contributed by atoms with Crippen molar-refractivity contribution in [2.45, 2.75) is 10.5 Å². The summed E-state index contributed by atoms with van der Waals surface area (Å²) in [4.78, 5) is 23.9. The molecule has 3 aromatic rings. The summed E-state index contributed by atoms with van der Waals surface area (Å²) < 4.78 is 36.6. The fraction of sp³-hybridized carbons (Fsp3) is 0.0476. The molecule has 2 amide bonds. The van der Waals surface area contributed by atoms with E-state index in [2.05, 4.69) is 5.32 Å². The van der Waals surface area contributed by atoms with Gasteiger partial charge in [0.25, 0.3) is 0 Å². The Morgan fingerprint density at radius 2 is 1.48 bits per heavy atom. The number of hydrogen-bond acceptors (Lipinski definition) is 8. The van der Waals surface area contributed by atoms with Crippen molar-refractivity contribution in [2.75, 3.05) is 5.32 Å². The topological polar surface area (TPSA) is 191 Å². The number of esters is 1. The predicted octanol–water partition coefficient (Wildman–Crippen LogP) is 1.80. The number of anilines is 1. The van der Waals surface area contributed by atoms with Crippen LogP contribution in [0.4, 0.5) is 10.5 Å². The van der Waals surface area contributed by atoms with Gasteiger partial charge in [0.05, 0.1) is 11.3 Å². The lowest BCUT2D eigenvalue weighted by Crippen LogP contribution is -2.33. The Morgan fingerprint density at radius 3 is 2.00 bits per heavy atom. The normalized spacial score (nSPS) is 15.1. The summed E-state index contributed by atoms with van der Waals surface area (Å²) in [5.41, 5.74) is 3.46. The van der Waals surface area contributed by atoms with E-state index in [0.29, 0.717) is 11.1 Å². The first-order valence-electron chi connectivity index (χ1n) is 9.37. The largest absolute Gasteiger partial charge is 0.508 e. The fourth-order valence-electron chi connectivity index (χ4n) is 4.29. The molecule has 0 radical (unpaired) electrons. The number of rotatable bonds is 2. The Bertz CT molecular complexity index is 1450. The van der Waals surface area contributed by atoms with Gasteiger partial charge < -0.3 is 30.7 Å². The van der Waals surface area contributed by atoms with Gasteiger partial charge in [-0.2, -0.15) is 0 Å². The molecule has 0 bridgehead atoms. The van der Waals surface area contributed by atoms with E-state index in [0.717, 1.165) is 0 Å². The number of phenolic OH excluding ortho intramolecular Hbond substituents is 2. The first-order chi connectivity index (χ1) is 15.5. The van der Waals surface area contributed by atoms with Gasteiger partial charge in [0.2, 0.25) is 10.0 Å². The van der Waals surface area contributed by atoms with E-state index < -0.39 is 32.5 Å². The number of fused-ring (bicyclic) bond motifs is 6. The number of nitrogens with one attached hydrogen (secondary N) is 1. The van der Waals surface area contributed by atoms with Gasteiger partial charge in [-0.05, 0) is 30.3 Å². The third kappa shape index (κ3) is 2.88. The van der Waals surface area contributed by atoms with Crippen LogP contribution in [0.2, 0.25) is 0 Å². The van der Waals surface area contributed by atoms with Crippen LogP contribution in [0.25, 0.3) is 0 Å². The number of carbonyl (C=O) groups excluding carboxylic acids is 2. The fourth-order valence-corrected chi connectivity index (χ4v) is 5.19. The van der Waals surface area contributed by atoms with Crippen LogP contribution >= 0.6 is 0 Å². The molecule has 11 nitrogen and oxygen atoms in total. The Labute approximate surface area is 186 Å². The van der Waals surface area contributed by atoms with E-state index in [1.54, 1.807) is 0 Å². The SMILES string of the molecule is NC(=O)Nc1ccc2c(c1S(N)(=O)=O)C(=O)OC21c2ccc(O)cc2Oc2cc(O)ccc21. The highest BCUT2D eigenvalue weighted by Gasteiger charge is 2.55. The molecule has 0 aromatic heterocycles. The van der Waals surface area contributed by atoms with Gasteiger partial charge in [-0.1, -0.05) is 6.07 Å². The third-order valence-corrected chi connectivity index (χ3v) is 6.43. The lowest BCUT2D eigenvalue weighted by Gasteiger charge is -2.36. The number of carbonyl (C=O) groups is 2. The van der Waals surface area contributed by atoms with E-state index >= 15 is 0 Å². The Morgan fingerprint density at radius 1 is 0.939 bits per heavy atom. The average molecular weight is 469 g/mol. The zero-order valence-electron chi connectivity index (χ0n) is 16.5. The minimum absolute atomic E-state index is 0.105. The van der Waals surface area contributed by atoms with Gasteiger partial charge in [0.1, 0.15) is 27.9 Å². The number of urea groups is 1. The van der Waals surface area contributed by atoms with E-state index in [1.165, 1.54) is 48.5 Å². The molecule has 168 valence electrons. The van der Waals surface area contributed by atoms with Crippen LogP contribution in [0.3, 0.4) is 0 Å². The number of phenols is 2. The van der Waals surface area contributed by atoms with Crippen molar-refractivity contribution < 1.29 is 37.7 Å². The molecular weight excluding hydrogens is 454 g/mol. The Balaban J connectivity index is 1.91. The number of benzene rings is 3. The second-order valence-corrected chi connectivity index (χ2v) is 8.93. The predicted molar refractivity (Wildman–Crippen MR) is 113 cm³/mol. The molecule has 5 rings (SSSR count). The minimum Gasteiger partial charge on any atom is -0.508 e. The summed E-state index contributed by atoms with van der Waals surface area (Å²) >= 11 is 0. The number of primary sulfonamides is 1. The maximum Gasteiger partial charge on any atom is 0.341 e. The van der Waals surface area contributed by atoms with Crippen molar-refractivity contribution in [2.24, 2.45) is 10.9 Å². The molecule has 0 aliphatic carbocycles. The molecule has 2 heterocycles. The molecule has 2 aliphatic rings. The molecule has 0 fully saturated rings. The van der Waals surface area contributed by atoms with Crippen molar-refractivity contribution >= 4 is 27.7 Å². The summed E-state index contributed by atoms with van der Waals surface area (Å²) in [7, 11) is -4.54. The van der Waals surface area contributed by atoms with Crippen LogP contribution < -0.4 is 20.9 Å². The number of ether oxygens (including phenoxy) is 2. The lowest BCUT2D eigenvalue weighted by molar-refractivity contribution is 0.0222. The monoisotopic (exact) mass is 469 g/mol. The van der Waals surface area contributed by atoms with Crippen molar-refractivity contribution in [3.05, 3.63) is 70.8 Å². The third-order valence-electron chi connectivity index (χ3n) is 5.44. The highest BCUT2D eigenvalue weighted by molar-refractivity contribution is 7.89. The highest BCUT2D eigenvalue weighted by atomic mass is 32.2. The summed E-state index contributed by atoms with van der Waals surface area (Å²) in [5, 5.41) is 27.5. The number of aromatic hydroxyl groups is 2. The standard InChI is InChI=1S/C21H15N3O8S/c22-20(28)24-14-6-5-13-17(18(14)33(23,29)30)19(27)32-21(13)11-3-1-9(25)7-15(11)31-16-8-10(26)2-4-12(16)21/h1-8,25-26H,(H3,22,24,28)(H2,23,29,30). The second-order valence-electron chi connectivity index (χ2n) is 7.43. The van der Waals surface area contributed by atoms with Crippen LogP contribution in [0.1, 0.15) is 27.0 Å². The van der Waals surface area contributed by atoms with Crippen LogP contribution in [0.5, 0.6) is 23.0 Å². The van der Waals surface area contributed by atoms with Crippen LogP contribution in [-0.4, -0.2) is 30.6 Å². The summed E-state index contributed by atoms with van der Waals surface area (Å²) in [5.74, 6) is -1.07. The van der Waals surface area contributed by atoms with Gasteiger partial charge in [-0.3, -0.25) is 0 Å². The maximum atomic E-state index is 13.2. The van der Waals surface area contributed by atoms with Gasteiger partial charge in [-0.15, -0.1) is 0 Å². The molecule has 33 heavy (non-hydrogen) atoms. The van der Waals surface area contributed by atoms with E-state index in [9.17, 15) is 28.2 Å². The van der Waals surface area contributed by atoms with Gasteiger partial charge in [0.15, 0.2) is 5.60 Å². The quantitative estimate of drug-likeness (QED) is 0.351. The Hall–Kier alpha value is -4.29. The number of hydrogen-bond donors (Lipinski definition) is 5. The molecule has 0 saturated carbocycles. The highest BCUT2D eigenvalue weighted by Crippen LogP contribution is 2.58. The van der Waals surface area contributed by atoms with E-state index in [4.69, 9.17) is 20.3 Å². The molecule has 1 spiro atoms. The number of primary amides is 1. The van der Waals surface area contributed by atoms with Crippen molar-refractivity contribution in [1.82, 2.24) is 0 Å². The molecule has 0 atom stereocenters. The molecule has 3 aromatic carbocycles. The second kappa shape index (κ2) is 6.60. The molecule has 12 heteroatoms. The number of amides is 2. The summed E-state index contributed by atoms with van der Waals surface area (Å²) in [6.07, 6.45) is 0. The Kier molecular flexibility index (Phi) is 4.12. The molecular formula is C21H15N3O8S. The van der Waals surface area contributed by atoms with Crippen molar-refractivity contribution in [3.8, 4) is 23.0 Å². The zero-order valence-corrected chi connectivity index (χ0v) is 17.3. The molecule has 2 aliphatic heterocycles. The summed E-state index contributed by atoms with van der Waals surface area (Å²) in [6.45, 7) is 0. The maximum absolute atomic E-state index is 13.2. The number of nitrogens with two attached hydrogens (primary N) is 2. The molecule has 7 N–H and O–H groups in total. The zero-order chi connectivity index (χ0) is 23.7. The molecule has 0 unspecified atom stereocenters.